The van der Waals surface area contributed by atoms with Crippen LogP contribution in [-0.2, 0) is 11.2 Å². The minimum atomic E-state index is 0.0648. The number of para-hydroxylation sites is 1. The number of aryl methyl sites for hydroxylation is 1. The number of rotatable bonds is 17. The highest BCUT2D eigenvalue weighted by molar-refractivity contribution is 5.33. The Hall–Kier alpha value is -1.06. The van der Waals surface area contributed by atoms with E-state index in [4.69, 9.17) is 14.6 Å². The van der Waals surface area contributed by atoms with Gasteiger partial charge in [0.15, 0.2) is 0 Å². The number of unbranched alkanes of at least 4 members (excludes halogenated alkanes) is 9. The van der Waals surface area contributed by atoms with Crippen LogP contribution in [0, 0.1) is 0 Å². The van der Waals surface area contributed by atoms with E-state index in [0.29, 0.717) is 19.8 Å². The van der Waals surface area contributed by atoms with E-state index in [2.05, 4.69) is 19.1 Å². The molecule has 0 fully saturated rings. The van der Waals surface area contributed by atoms with Gasteiger partial charge < -0.3 is 14.6 Å². The van der Waals surface area contributed by atoms with E-state index in [1.165, 1.54) is 69.8 Å². The van der Waals surface area contributed by atoms with Crippen LogP contribution in [0.3, 0.4) is 0 Å². The smallest absolute Gasteiger partial charge is 0.122 e. The lowest BCUT2D eigenvalue weighted by atomic mass is 10.0. The number of hydrogen-bond acceptors (Lipinski definition) is 3. The lowest BCUT2D eigenvalue weighted by Gasteiger charge is -2.11. The van der Waals surface area contributed by atoms with Crippen LogP contribution in [0.4, 0.5) is 0 Å². The van der Waals surface area contributed by atoms with E-state index in [9.17, 15) is 0 Å². The van der Waals surface area contributed by atoms with Gasteiger partial charge in [0.25, 0.3) is 0 Å². The Morgan fingerprint density at radius 2 is 1.40 bits per heavy atom. The summed E-state index contributed by atoms with van der Waals surface area (Å²) in [6.07, 6.45) is 14.7. The van der Waals surface area contributed by atoms with Gasteiger partial charge in [0.05, 0.1) is 19.8 Å². The fourth-order valence-electron chi connectivity index (χ4n) is 3.03. The minimum Gasteiger partial charge on any atom is -0.491 e. The van der Waals surface area contributed by atoms with Gasteiger partial charge in [-0.2, -0.15) is 0 Å². The Morgan fingerprint density at radius 1 is 0.760 bits per heavy atom. The summed E-state index contributed by atoms with van der Waals surface area (Å²) in [4.78, 5) is 0. The largest absolute Gasteiger partial charge is 0.491 e. The van der Waals surface area contributed by atoms with Crippen LogP contribution in [0.25, 0.3) is 0 Å². The van der Waals surface area contributed by atoms with Gasteiger partial charge in [-0.1, -0.05) is 82.9 Å². The summed E-state index contributed by atoms with van der Waals surface area (Å²) >= 11 is 0. The average molecular weight is 351 g/mol. The average Bonchev–Trinajstić information content (AvgIpc) is 2.64. The highest BCUT2D eigenvalue weighted by Crippen LogP contribution is 2.21. The lowest BCUT2D eigenvalue weighted by Crippen LogP contribution is -2.10. The fourth-order valence-corrected chi connectivity index (χ4v) is 3.03. The predicted molar refractivity (Wildman–Crippen MR) is 105 cm³/mol. The molecule has 0 unspecified atom stereocenters. The summed E-state index contributed by atoms with van der Waals surface area (Å²) in [5.74, 6) is 0.978. The lowest BCUT2D eigenvalue weighted by molar-refractivity contribution is 0.0703. The quantitative estimate of drug-likeness (QED) is 0.375. The van der Waals surface area contributed by atoms with Gasteiger partial charge in [0, 0.05) is 0 Å². The molecule has 0 saturated carbocycles. The summed E-state index contributed by atoms with van der Waals surface area (Å²) in [7, 11) is 0. The molecule has 0 heterocycles. The zero-order chi connectivity index (χ0) is 18.0. The second kappa shape index (κ2) is 16.4. The first-order valence-corrected chi connectivity index (χ1v) is 10.3. The summed E-state index contributed by atoms with van der Waals surface area (Å²) in [5.41, 5.74) is 1.30. The maximum Gasteiger partial charge on any atom is 0.122 e. The molecule has 0 bridgehead atoms. The first kappa shape index (κ1) is 22.0. The van der Waals surface area contributed by atoms with Gasteiger partial charge in [0.2, 0.25) is 0 Å². The normalized spacial score (nSPS) is 11.0. The number of benzene rings is 1. The standard InChI is InChI=1S/C22H38O3/c1-2-3-4-5-6-7-8-9-10-11-14-21-15-12-13-16-22(21)25-20-19-24-18-17-23/h12-13,15-16,23H,2-11,14,17-20H2,1H3. The van der Waals surface area contributed by atoms with Gasteiger partial charge in [-0.25, -0.2) is 0 Å². The first-order valence-electron chi connectivity index (χ1n) is 10.3. The van der Waals surface area contributed by atoms with Crippen molar-refractivity contribution in [2.24, 2.45) is 0 Å². The third-order valence-electron chi connectivity index (χ3n) is 4.49. The van der Waals surface area contributed by atoms with Gasteiger partial charge in [0.1, 0.15) is 12.4 Å². The number of hydrogen-bond donors (Lipinski definition) is 1. The maximum atomic E-state index is 8.68. The molecule has 1 aromatic carbocycles. The molecule has 0 saturated heterocycles. The zero-order valence-electron chi connectivity index (χ0n) is 16.2. The molecule has 0 radical (unpaired) electrons. The van der Waals surface area contributed by atoms with Crippen molar-refractivity contribution in [2.45, 2.75) is 77.6 Å². The summed E-state index contributed by atoms with van der Waals surface area (Å²) in [6, 6.07) is 8.31. The minimum absolute atomic E-state index is 0.0648. The Balaban J connectivity index is 2.08. The van der Waals surface area contributed by atoms with Crippen molar-refractivity contribution in [1.29, 1.82) is 0 Å². The topological polar surface area (TPSA) is 38.7 Å². The Kier molecular flexibility index (Phi) is 14.4. The highest BCUT2D eigenvalue weighted by Gasteiger charge is 2.03. The first-order chi connectivity index (χ1) is 12.4. The van der Waals surface area contributed by atoms with Gasteiger partial charge in [-0.15, -0.1) is 0 Å². The molecule has 1 rings (SSSR count). The fraction of sp³-hybridized carbons (Fsp3) is 0.727. The molecule has 0 aliphatic carbocycles. The van der Waals surface area contributed by atoms with Crippen LogP contribution in [-0.4, -0.2) is 31.5 Å². The predicted octanol–water partition coefficient (Wildman–Crippen LogP) is 5.54. The van der Waals surface area contributed by atoms with E-state index in [1.54, 1.807) is 0 Å². The number of aliphatic hydroxyl groups is 1. The van der Waals surface area contributed by atoms with E-state index in [1.807, 2.05) is 12.1 Å². The molecule has 25 heavy (non-hydrogen) atoms. The van der Waals surface area contributed by atoms with Crippen LogP contribution >= 0.6 is 0 Å². The second-order valence-corrected chi connectivity index (χ2v) is 6.72. The molecular weight excluding hydrogens is 312 g/mol. The molecule has 144 valence electrons. The molecule has 0 spiro atoms. The monoisotopic (exact) mass is 350 g/mol. The van der Waals surface area contributed by atoms with Crippen LogP contribution in [0.5, 0.6) is 5.75 Å². The van der Waals surface area contributed by atoms with E-state index in [-0.39, 0.29) is 6.61 Å². The molecule has 0 atom stereocenters. The van der Waals surface area contributed by atoms with Crippen molar-refractivity contribution in [1.82, 2.24) is 0 Å². The molecule has 3 nitrogen and oxygen atoms in total. The highest BCUT2D eigenvalue weighted by atomic mass is 16.5. The zero-order valence-corrected chi connectivity index (χ0v) is 16.2. The molecule has 3 heteroatoms. The van der Waals surface area contributed by atoms with Gasteiger partial charge in [-0.3, -0.25) is 0 Å². The van der Waals surface area contributed by atoms with E-state index >= 15 is 0 Å². The van der Waals surface area contributed by atoms with Crippen LogP contribution in [0.2, 0.25) is 0 Å². The Labute approximate surface area is 154 Å². The van der Waals surface area contributed by atoms with E-state index in [0.717, 1.165) is 12.2 Å². The molecule has 0 amide bonds. The number of ether oxygens (including phenoxy) is 2. The molecule has 0 aromatic heterocycles. The molecular formula is C22H38O3. The number of aliphatic hydroxyl groups excluding tert-OH is 1. The van der Waals surface area contributed by atoms with Crippen LogP contribution < -0.4 is 4.74 Å². The third kappa shape index (κ3) is 12.0. The van der Waals surface area contributed by atoms with Crippen molar-refractivity contribution >= 4 is 0 Å². The SMILES string of the molecule is CCCCCCCCCCCCc1ccccc1OCCOCCO. The maximum absolute atomic E-state index is 8.68. The second-order valence-electron chi connectivity index (χ2n) is 6.72. The van der Waals surface area contributed by atoms with Crippen LogP contribution in [0.1, 0.15) is 76.7 Å². The Morgan fingerprint density at radius 3 is 2.08 bits per heavy atom. The summed E-state index contributed by atoms with van der Waals surface area (Å²) in [6.45, 7) is 3.77. The van der Waals surface area contributed by atoms with Crippen LogP contribution in [0.15, 0.2) is 24.3 Å². The van der Waals surface area contributed by atoms with Crippen molar-refractivity contribution < 1.29 is 14.6 Å². The third-order valence-corrected chi connectivity index (χ3v) is 4.49. The van der Waals surface area contributed by atoms with Crippen molar-refractivity contribution in [3.05, 3.63) is 29.8 Å². The molecule has 0 aliphatic heterocycles. The van der Waals surface area contributed by atoms with Crippen molar-refractivity contribution in [2.75, 3.05) is 26.4 Å². The molecule has 1 aromatic rings. The van der Waals surface area contributed by atoms with Gasteiger partial charge in [-0.05, 0) is 24.5 Å². The molecule has 1 N–H and O–H groups in total. The summed E-state index contributed by atoms with van der Waals surface area (Å²) < 4.78 is 11.1. The van der Waals surface area contributed by atoms with E-state index < -0.39 is 0 Å². The van der Waals surface area contributed by atoms with Crippen molar-refractivity contribution in [3.63, 3.8) is 0 Å². The molecule has 0 aliphatic rings. The van der Waals surface area contributed by atoms with Gasteiger partial charge >= 0.3 is 0 Å². The Bertz CT molecular complexity index is 406. The summed E-state index contributed by atoms with van der Waals surface area (Å²) in [5, 5.41) is 8.68. The van der Waals surface area contributed by atoms with Crippen molar-refractivity contribution in [3.8, 4) is 5.75 Å².